The van der Waals surface area contributed by atoms with E-state index in [1.54, 1.807) is 18.3 Å². The molecule has 0 aliphatic carbocycles. The van der Waals surface area contributed by atoms with Crippen molar-refractivity contribution in [3.8, 4) is 0 Å². The normalized spacial score (nSPS) is 17.5. The van der Waals surface area contributed by atoms with Crippen molar-refractivity contribution in [2.45, 2.75) is 18.8 Å². The summed E-state index contributed by atoms with van der Waals surface area (Å²) in [6.45, 7) is 0.596. The van der Waals surface area contributed by atoms with Gasteiger partial charge in [0, 0.05) is 43.2 Å². The van der Waals surface area contributed by atoms with Crippen LogP contribution in [0.3, 0.4) is 0 Å². The molecule has 2 aromatic rings. The quantitative estimate of drug-likeness (QED) is 0.799. The second-order valence-corrected chi connectivity index (χ2v) is 5.39. The van der Waals surface area contributed by atoms with E-state index in [0.717, 1.165) is 5.69 Å². The maximum Gasteiger partial charge on any atom is 0.338 e. The minimum atomic E-state index is -2.58. The molecule has 1 aliphatic rings. The van der Waals surface area contributed by atoms with E-state index in [1.807, 2.05) is 17.0 Å². The van der Waals surface area contributed by atoms with Gasteiger partial charge >= 0.3 is 5.97 Å². The first-order valence-corrected chi connectivity index (χ1v) is 7.10. The fourth-order valence-corrected chi connectivity index (χ4v) is 2.71. The van der Waals surface area contributed by atoms with Crippen LogP contribution in [-0.4, -0.2) is 37.1 Å². The van der Waals surface area contributed by atoms with Crippen LogP contribution in [0.1, 0.15) is 23.2 Å². The van der Waals surface area contributed by atoms with Gasteiger partial charge in [0.15, 0.2) is 0 Å². The predicted octanol–water partition coefficient (Wildman–Crippen LogP) is 3.26. The molecule has 0 spiro atoms. The van der Waals surface area contributed by atoms with Gasteiger partial charge in [0.25, 0.3) is 5.92 Å². The van der Waals surface area contributed by atoms with Gasteiger partial charge in [-0.3, -0.25) is 4.98 Å². The van der Waals surface area contributed by atoms with Gasteiger partial charge in [0.1, 0.15) is 0 Å². The van der Waals surface area contributed by atoms with Crippen LogP contribution in [0.2, 0.25) is 0 Å². The third kappa shape index (κ3) is 2.73. The summed E-state index contributed by atoms with van der Waals surface area (Å²) in [6.07, 6.45) is 1.25. The van der Waals surface area contributed by atoms with E-state index in [2.05, 4.69) is 4.98 Å². The van der Waals surface area contributed by atoms with E-state index in [1.165, 1.54) is 7.11 Å². The Kier molecular flexibility index (Phi) is 3.68. The van der Waals surface area contributed by atoms with Crippen molar-refractivity contribution in [1.29, 1.82) is 0 Å². The smallest absolute Gasteiger partial charge is 0.338 e. The zero-order valence-corrected chi connectivity index (χ0v) is 12.2. The Balaban J connectivity index is 1.97. The zero-order valence-electron chi connectivity index (χ0n) is 12.2. The first-order chi connectivity index (χ1) is 10.5. The molecule has 0 bridgehead atoms. The molecule has 0 atom stereocenters. The number of esters is 1. The van der Waals surface area contributed by atoms with E-state index in [-0.39, 0.29) is 12.8 Å². The molecular weight excluding hydrogens is 290 g/mol. The fourth-order valence-electron chi connectivity index (χ4n) is 2.71. The van der Waals surface area contributed by atoms with Crippen molar-refractivity contribution < 1.29 is 18.3 Å². The summed E-state index contributed by atoms with van der Waals surface area (Å²) in [5.74, 6) is -3.01. The van der Waals surface area contributed by atoms with Crippen LogP contribution < -0.4 is 4.90 Å². The van der Waals surface area contributed by atoms with Crippen LogP contribution in [0.25, 0.3) is 10.9 Å². The lowest BCUT2D eigenvalue weighted by atomic mass is 10.0. The number of ether oxygens (including phenoxy) is 1. The maximum absolute atomic E-state index is 13.3. The van der Waals surface area contributed by atoms with E-state index in [0.29, 0.717) is 29.6 Å². The Morgan fingerprint density at radius 1 is 1.27 bits per heavy atom. The Hall–Kier alpha value is -2.24. The van der Waals surface area contributed by atoms with Gasteiger partial charge in [0.05, 0.1) is 18.2 Å². The predicted molar refractivity (Wildman–Crippen MR) is 79.5 cm³/mol. The van der Waals surface area contributed by atoms with E-state index in [9.17, 15) is 13.6 Å². The molecule has 0 radical (unpaired) electrons. The number of benzene rings is 1. The summed E-state index contributed by atoms with van der Waals surface area (Å²) >= 11 is 0. The van der Waals surface area contributed by atoms with E-state index >= 15 is 0 Å². The number of methoxy groups -OCH3 is 1. The molecule has 1 aromatic carbocycles. The Morgan fingerprint density at radius 2 is 2.00 bits per heavy atom. The highest BCUT2D eigenvalue weighted by Crippen LogP contribution is 2.32. The number of hydrogen-bond acceptors (Lipinski definition) is 4. The molecule has 0 amide bonds. The van der Waals surface area contributed by atoms with Crippen molar-refractivity contribution in [2.75, 3.05) is 25.1 Å². The summed E-state index contributed by atoms with van der Waals surface area (Å²) < 4.78 is 31.3. The Morgan fingerprint density at radius 3 is 2.68 bits per heavy atom. The van der Waals surface area contributed by atoms with Crippen LogP contribution in [0.15, 0.2) is 30.5 Å². The van der Waals surface area contributed by atoms with Gasteiger partial charge in [-0.05, 0) is 24.3 Å². The molecule has 4 nitrogen and oxygen atoms in total. The van der Waals surface area contributed by atoms with Gasteiger partial charge in [-0.25, -0.2) is 13.6 Å². The number of hydrogen-bond donors (Lipinski definition) is 0. The van der Waals surface area contributed by atoms with Crippen molar-refractivity contribution in [3.05, 3.63) is 36.0 Å². The number of carbonyl (C=O) groups is 1. The third-order valence-corrected chi connectivity index (χ3v) is 3.99. The number of nitrogens with zero attached hydrogens (tertiary/aromatic N) is 2. The molecule has 0 saturated carbocycles. The summed E-state index contributed by atoms with van der Waals surface area (Å²) in [5.41, 5.74) is 1.92. The molecular formula is C16H16F2N2O2. The largest absolute Gasteiger partial charge is 0.465 e. The number of halogens is 2. The Bertz CT molecular complexity index is 708. The molecule has 1 aromatic heterocycles. The van der Waals surface area contributed by atoms with Gasteiger partial charge in [0.2, 0.25) is 0 Å². The van der Waals surface area contributed by atoms with Crippen LogP contribution in [0.5, 0.6) is 0 Å². The zero-order chi connectivity index (χ0) is 15.7. The molecule has 0 unspecified atom stereocenters. The SMILES string of the molecule is COC(=O)c1ccnc2ccc(N3CCC(F)(F)CC3)cc12. The molecule has 1 aliphatic heterocycles. The van der Waals surface area contributed by atoms with Crippen molar-refractivity contribution in [1.82, 2.24) is 4.98 Å². The lowest BCUT2D eigenvalue weighted by Crippen LogP contribution is -2.39. The molecule has 0 N–H and O–H groups in total. The highest BCUT2D eigenvalue weighted by atomic mass is 19.3. The summed E-state index contributed by atoms with van der Waals surface area (Å²) in [5, 5.41) is 0.671. The topological polar surface area (TPSA) is 42.4 Å². The average molecular weight is 306 g/mol. The Labute approximate surface area is 126 Å². The van der Waals surface area contributed by atoms with Crippen molar-refractivity contribution in [2.24, 2.45) is 0 Å². The number of alkyl halides is 2. The van der Waals surface area contributed by atoms with Gasteiger partial charge in [-0.2, -0.15) is 0 Å². The monoisotopic (exact) mass is 306 g/mol. The van der Waals surface area contributed by atoms with Gasteiger partial charge in [-0.1, -0.05) is 0 Å². The van der Waals surface area contributed by atoms with E-state index < -0.39 is 11.9 Å². The minimum absolute atomic E-state index is 0.151. The molecule has 2 heterocycles. The summed E-state index contributed by atoms with van der Waals surface area (Å²) in [6, 6.07) is 7.06. The number of carbonyl (C=O) groups excluding carboxylic acids is 1. The molecule has 3 rings (SSSR count). The lowest BCUT2D eigenvalue weighted by molar-refractivity contribution is -0.0220. The highest BCUT2D eigenvalue weighted by molar-refractivity contribution is 6.04. The van der Waals surface area contributed by atoms with Crippen molar-refractivity contribution in [3.63, 3.8) is 0 Å². The number of piperidine rings is 1. The molecule has 1 saturated heterocycles. The van der Waals surface area contributed by atoms with Crippen LogP contribution in [-0.2, 0) is 4.74 Å². The first-order valence-electron chi connectivity index (χ1n) is 7.10. The first kappa shape index (κ1) is 14.7. The fraction of sp³-hybridized carbons (Fsp3) is 0.375. The highest BCUT2D eigenvalue weighted by Gasteiger charge is 2.34. The van der Waals surface area contributed by atoms with Crippen molar-refractivity contribution >= 4 is 22.6 Å². The molecule has 116 valence electrons. The summed E-state index contributed by atoms with van der Waals surface area (Å²) in [7, 11) is 1.32. The number of anilines is 1. The van der Waals surface area contributed by atoms with Crippen LogP contribution in [0, 0.1) is 0 Å². The third-order valence-electron chi connectivity index (χ3n) is 3.99. The van der Waals surface area contributed by atoms with Gasteiger partial charge < -0.3 is 9.64 Å². The second kappa shape index (κ2) is 5.51. The molecule has 22 heavy (non-hydrogen) atoms. The standard InChI is InChI=1S/C16H16F2N2O2/c1-22-15(21)12-4-7-19-14-3-2-11(10-13(12)14)20-8-5-16(17,18)6-9-20/h2-4,7,10H,5-6,8-9H2,1H3. The molecule has 1 fully saturated rings. The number of rotatable bonds is 2. The van der Waals surface area contributed by atoms with Crippen LogP contribution in [0.4, 0.5) is 14.5 Å². The molecule has 6 heteroatoms. The maximum atomic E-state index is 13.3. The number of fused-ring (bicyclic) bond motifs is 1. The van der Waals surface area contributed by atoms with Gasteiger partial charge in [-0.15, -0.1) is 0 Å². The van der Waals surface area contributed by atoms with E-state index in [4.69, 9.17) is 4.74 Å². The van der Waals surface area contributed by atoms with Crippen LogP contribution >= 0.6 is 0 Å². The number of pyridine rings is 1. The number of aromatic nitrogens is 1. The second-order valence-electron chi connectivity index (χ2n) is 5.39. The summed E-state index contributed by atoms with van der Waals surface area (Å²) in [4.78, 5) is 18.0. The lowest BCUT2D eigenvalue weighted by Gasteiger charge is -2.33. The minimum Gasteiger partial charge on any atom is -0.465 e. The average Bonchev–Trinajstić information content (AvgIpc) is 2.53.